The summed E-state index contributed by atoms with van der Waals surface area (Å²) in [6, 6.07) is 9.47. The van der Waals surface area contributed by atoms with E-state index in [-0.39, 0.29) is 23.3 Å². The molecule has 0 aliphatic carbocycles. The van der Waals surface area contributed by atoms with Crippen LogP contribution >= 0.6 is 0 Å². The molecule has 1 atom stereocenters. The molecule has 134 valence electrons. The van der Waals surface area contributed by atoms with Crippen molar-refractivity contribution in [3.05, 3.63) is 52.8 Å². The average Bonchev–Trinajstić information content (AvgIpc) is 3.06. The zero-order valence-electron chi connectivity index (χ0n) is 14.5. The van der Waals surface area contributed by atoms with Crippen molar-refractivity contribution in [1.29, 1.82) is 0 Å². The van der Waals surface area contributed by atoms with Crippen molar-refractivity contribution in [2.45, 2.75) is 26.8 Å². The zero-order chi connectivity index (χ0) is 18.0. The van der Waals surface area contributed by atoms with E-state index in [1.54, 1.807) is 6.07 Å². The van der Waals surface area contributed by atoms with Gasteiger partial charge < -0.3 is 5.32 Å². The Hall–Kier alpha value is -2.15. The van der Waals surface area contributed by atoms with Crippen LogP contribution in [-0.2, 0) is 16.4 Å². The molecule has 7 heteroatoms. The predicted octanol–water partition coefficient (Wildman–Crippen LogP) is 1.71. The lowest BCUT2D eigenvalue weighted by Gasteiger charge is -2.11. The van der Waals surface area contributed by atoms with Crippen molar-refractivity contribution in [3.8, 4) is 0 Å². The Morgan fingerprint density at radius 2 is 2.12 bits per heavy atom. The second-order valence-corrected chi connectivity index (χ2v) is 8.99. The summed E-state index contributed by atoms with van der Waals surface area (Å²) in [5, 5.41) is 7.30. The van der Waals surface area contributed by atoms with Crippen LogP contribution in [-0.4, -0.2) is 42.2 Å². The normalized spacial score (nSPS) is 19.0. The molecule has 6 nitrogen and oxygen atoms in total. The van der Waals surface area contributed by atoms with Crippen molar-refractivity contribution in [2.75, 3.05) is 18.1 Å². The molecule has 1 N–H and O–H groups in total. The third-order valence-electron chi connectivity index (χ3n) is 4.50. The molecule has 1 aliphatic rings. The first-order valence-electron chi connectivity index (χ1n) is 8.41. The van der Waals surface area contributed by atoms with Gasteiger partial charge >= 0.3 is 0 Å². The summed E-state index contributed by atoms with van der Waals surface area (Å²) in [6.45, 7) is 4.98. The second kappa shape index (κ2) is 7.00. The van der Waals surface area contributed by atoms with Crippen LogP contribution in [0.5, 0.6) is 0 Å². The maximum absolute atomic E-state index is 12.4. The number of hydrogen-bond donors (Lipinski definition) is 1. The van der Waals surface area contributed by atoms with Crippen LogP contribution in [0.4, 0.5) is 0 Å². The maximum Gasteiger partial charge on any atom is 0.251 e. The first-order valence-corrected chi connectivity index (χ1v) is 10.2. The molecule has 2 heterocycles. The Bertz CT molecular complexity index is 887. The molecule has 1 aromatic carbocycles. The van der Waals surface area contributed by atoms with E-state index in [1.807, 2.05) is 42.8 Å². The highest BCUT2D eigenvalue weighted by atomic mass is 32.2. The molecule has 25 heavy (non-hydrogen) atoms. The van der Waals surface area contributed by atoms with Crippen molar-refractivity contribution in [1.82, 2.24) is 15.1 Å². The molecule has 3 rings (SSSR count). The van der Waals surface area contributed by atoms with Gasteiger partial charge in [-0.25, -0.2) is 8.42 Å². The van der Waals surface area contributed by atoms with Crippen LogP contribution in [0.25, 0.3) is 0 Å². The average molecular weight is 361 g/mol. The number of carbonyl (C=O) groups excluding carboxylic acids is 1. The van der Waals surface area contributed by atoms with E-state index in [2.05, 4.69) is 10.4 Å². The van der Waals surface area contributed by atoms with Gasteiger partial charge in [-0.15, -0.1) is 0 Å². The first-order chi connectivity index (χ1) is 11.8. The molecule has 0 spiro atoms. The lowest BCUT2D eigenvalue weighted by atomic mass is 10.1. The molecule has 1 amide bonds. The van der Waals surface area contributed by atoms with Gasteiger partial charge in [0.2, 0.25) is 0 Å². The van der Waals surface area contributed by atoms with Gasteiger partial charge in [-0.3, -0.25) is 9.48 Å². The SMILES string of the molecule is Cc1cc(C)n(Cc2cccc(C(=O)NC[C@@H]3CCS(=O)(=O)C3)c2)n1. The van der Waals surface area contributed by atoms with Gasteiger partial charge in [0.25, 0.3) is 5.91 Å². The van der Waals surface area contributed by atoms with E-state index < -0.39 is 9.84 Å². The number of benzene rings is 1. The standard InChI is InChI=1S/C18H23N3O3S/c1-13-8-14(2)21(20-13)11-15-4-3-5-17(9-15)18(22)19-10-16-6-7-25(23,24)12-16/h3-5,8-9,16H,6-7,10-12H2,1-2H3,(H,19,22)/t16-/m0/s1. The number of aryl methyl sites for hydroxylation is 2. The van der Waals surface area contributed by atoms with E-state index in [9.17, 15) is 13.2 Å². The van der Waals surface area contributed by atoms with Crippen molar-refractivity contribution in [3.63, 3.8) is 0 Å². The summed E-state index contributed by atoms with van der Waals surface area (Å²) in [5.41, 5.74) is 3.63. The molecule has 2 aromatic rings. The largest absolute Gasteiger partial charge is 0.352 e. The molecule has 1 fully saturated rings. The monoisotopic (exact) mass is 361 g/mol. The van der Waals surface area contributed by atoms with Gasteiger partial charge in [0.1, 0.15) is 0 Å². The summed E-state index contributed by atoms with van der Waals surface area (Å²) in [4.78, 5) is 12.4. The molecule has 0 saturated carbocycles. The Labute approximate surface area is 148 Å². The summed E-state index contributed by atoms with van der Waals surface area (Å²) in [5.74, 6) is 0.253. The Morgan fingerprint density at radius 3 is 2.76 bits per heavy atom. The minimum atomic E-state index is -2.91. The summed E-state index contributed by atoms with van der Waals surface area (Å²) >= 11 is 0. The number of rotatable bonds is 5. The van der Waals surface area contributed by atoms with E-state index in [4.69, 9.17) is 0 Å². The van der Waals surface area contributed by atoms with Gasteiger partial charge in [-0.05, 0) is 49.9 Å². The molecule has 0 bridgehead atoms. The number of aromatic nitrogens is 2. The van der Waals surface area contributed by atoms with Crippen LogP contribution in [0, 0.1) is 19.8 Å². The third kappa shape index (κ3) is 4.48. The Morgan fingerprint density at radius 1 is 1.32 bits per heavy atom. The van der Waals surface area contributed by atoms with Crippen LogP contribution in [0.2, 0.25) is 0 Å². The molecule has 0 unspecified atom stereocenters. The van der Waals surface area contributed by atoms with Gasteiger partial charge in [-0.1, -0.05) is 12.1 Å². The second-order valence-electron chi connectivity index (χ2n) is 6.76. The highest BCUT2D eigenvalue weighted by Gasteiger charge is 2.27. The van der Waals surface area contributed by atoms with E-state index in [0.29, 0.717) is 25.1 Å². The van der Waals surface area contributed by atoms with Crippen molar-refractivity contribution in [2.24, 2.45) is 5.92 Å². The highest BCUT2D eigenvalue weighted by molar-refractivity contribution is 7.91. The zero-order valence-corrected chi connectivity index (χ0v) is 15.3. The molecular formula is C18H23N3O3S. The number of nitrogens with one attached hydrogen (secondary N) is 1. The van der Waals surface area contributed by atoms with E-state index in [0.717, 1.165) is 17.0 Å². The van der Waals surface area contributed by atoms with Gasteiger partial charge in [0, 0.05) is 17.8 Å². The smallest absolute Gasteiger partial charge is 0.251 e. The lowest BCUT2D eigenvalue weighted by Crippen LogP contribution is -2.29. The van der Waals surface area contributed by atoms with E-state index in [1.165, 1.54) is 0 Å². The fourth-order valence-corrected chi connectivity index (χ4v) is 5.05. The number of sulfone groups is 1. The highest BCUT2D eigenvalue weighted by Crippen LogP contribution is 2.17. The Kier molecular flexibility index (Phi) is 4.94. The molecule has 1 aliphatic heterocycles. The van der Waals surface area contributed by atoms with Gasteiger partial charge in [0.05, 0.1) is 23.7 Å². The molecule has 1 aromatic heterocycles. The fourth-order valence-electron chi connectivity index (χ4n) is 3.19. The van der Waals surface area contributed by atoms with E-state index >= 15 is 0 Å². The van der Waals surface area contributed by atoms with Gasteiger partial charge in [-0.2, -0.15) is 5.10 Å². The summed E-state index contributed by atoms with van der Waals surface area (Å²) < 4.78 is 24.9. The number of carbonyl (C=O) groups is 1. The maximum atomic E-state index is 12.4. The minimum Gasteiger partial charge on any atom is -0.352 e. The van der Waals surface area contributed by atoms with Crippen LogP contribution in [0.15, 0.2) is 30.3 Å². The minimum absolute atomic E-state index is 0.0202. The Balaban J connectivity index is 1.62. The summed E-state index contributed by atoms with van der Waals surface area (Å²) in [6.07, 6.45) is 0.626. The summed E-state index contributed by atoms with van der Waals surface area (Å²) in [7, 11) is -2.91. The topological polar surface area (TPSA) is 81.1 Å². The van der Waals surface area contributed by atoms with Gasteiger partial charge in [0.15, 0.2) is 9.84 Å². The molecule has 0 radical (unpaired) electrons. The quantitative estimate of drug-likeness (QED) is 0.879. The van der Waals surface area contributed by atoms with Crippen molar-refractivity contribution < 1.29 is 13.2 Å². The molecule has 1 saturated heterocycles. The fraction of sp³-hybridized carbons (Fsp3) is 0.444. The number of nitrogens with zero attached hydrogens (tertiary/aromatic N) is 2. The third-order valence-corrected chi connectivity index (χ3v) is 6.34. The van der Waals surface area contributed by atoms with Crippen LogP contribution in [0.1, 0.15) is 33.7 Å². The number of hydrogen-bond acceptors (Lipinski definition) is 4. The number of amides is 1. The van der Waals surface area contributed by atoms with Crippen molar-refractivity contribution >= 4 is 15.7 Å². The van der Waals surface area contributed by atoms with Crippen LogP contribution < -0.4 is 5.32 Å². The lowest BCUT2D eigenvalue weighted by molar-refractivity contribution is 0.0948. The molecular weight excluding hydrogens is 338 g/mol. The first kappa shape index (κ1) is 17.7. The van der Waals surface area contributed by atoms with Crippen LogP contribution in [0.3, 0.4) is 0 Å². The predicted molar refractivity (Wildman–Crippen MR) is 96.3 cm³/mol.